The van der Waals surface area contributed by atoms with E-state index in [-0.39, 0.29) is 5.91 Å². The van der Waals surface area contributed by atoms with Gasteiger partial charge in [0, 0.05) is 23.1 Å². The first-order chi connectivity index (χ1) is 8.70. The van der Waals surface area contributed by atoms with E-state index in [1.807, 2.05) is 29.2 Å². The Hall–Kier alpha value is -0.830. The molecule has 0 aromatic heterocycles. The van der Waals surface area contributed by atoms with Crippen molar-refractivity contribution in [1.82, 2.24) is 4.90 Å². The summed E-state index contributed by atoms with van der Waals surface area (Å²) >= 11 is 3.40. The highest BCUT2D eigenvalue weighted by Gasteiger charge is 2.20. The molecule has 18 heavy (non-hydrogen) atoms. The molecule has 1 aliphatic heterocycles. The van der Waals surface area contributed by atoms with Crippen LogP contribution in [0.4, 0.5) is 0 Å². The molecule has 1 atom stereocenters. The Bertz CT molecular complexity index is 401. The van der Waals surface area contributed by atoms with Crippen molar-refractivity contribution >= 4 is 21.8 Å². The summed E-state index contributed by atoms with van der Waals surface area (Å²) < 4.78 is 1.01. The van der Waals surface area contributed by atoms with Crippen molar-refractivity contribution in [3.05, 3.63) is 34.3 Å². The SMILES string of the molecule is CCC1CCCN(C(=O)c2ccc(Br)cc2)CC1. The van der Waals surface area contributed by atoms with Crippen LogP contribution in [0.5, 0.6) is 0 Å². The first-order valence-electron chi connectivity index (χ1n) is 6.75. The number of hydrogen-bond acceptors (Lipinski definition) is 1. The van der Waals surface area contributed by atoms with Gasteiger partial charge in [-0.05, 0) is 49.4 Å². The Labute approximate surface area is 117 Å². The van der Waals surface area contributed by atoms with Crippen molar-refractivity contribution in [2.24, 2.45) is 5.92 Å². The maximum absolute atomic E-state index is 12.4. The third kappa shape index (κ3) is 3.35. The molecule has 2 rings (SSSR count). The minimum absolute atomic E-state index is 0.180. The van der Waals surface area contributed by atoms with Crippen LogP contribution in [0.1, 0.15) is 43.0 Å². The predicted octanol–water partition coefficient (Wildman–Crippen LogP) is 4.10. The molecular weight excluding hydrogens is 290 g/mol. The van der Waals surface area contributed by atoms with Gasteiger partial charge in [-0.1, -0.05) is 29.3 Å². The van der Waals surface area contributed by atoms with Gasteiger partial charge >= 0.3 is 0 Å². The van der Waals surface area contributed by atoms with Gasteiger partial charge in [-0.2, -0.15) is 0 Å². The molecule has 1 amide bonds. The van der Waals surface area contributed by atoms with Gasteiger partial charge in [0.2, 0.25) is 0 Å². The summed E-state index contributed by atoms with van der Waals surface area (Å²) in [6.07, 6.45) is 4.79. The molecule has 0 aliphatic carbocycles. The number of nitrogens with zero attached hydrogens (tertiary/aromatic N) is 1. The van der Waals surface area contributed by atoms with Crippen LogP contribution >= 0.6 is 15.9 Å². The van der Waals surface area contributed by atoms with Crippen molar-refractivity contribution < 1.29 is 4.79 Å². The number of hydrogen-bond donors (Lipinski definition) is 0. The van der Waals surface area contributed by atoms with E-state index >= 15 is 0 Å². The summed E-state index contributed by atoms with van der Waals surface area (Å²) in [6, 6.07) is 7.66. The zero-order valence-corrected chi connectivity index (χ0v) is 12.4. The molecule has 1 fully saturated rings. The lowest BCUT2D eigenvalue weighted by atomic mass is 9.98. The highest BCUT2D eigenvalue weighted by molar-refractivity contribution is 9.10. The molecule has 0 radical (unpaired) electrons. The monoisotopic (exact) mass is 309 g/mol. The molecule has 0 saturated carbocycles. The van der Waals surface area contributed by atoms with Crippen molar-refractivity contribution in [2.45, 2.75) is 32.6 Å². The summed E-state index contributed by atoms with van der Waals surface area (Å²) in [6.45, 7) is 4.07. The van der Waals surface area contributed by atoms with E-state index in [9.17, 15) is 4.79 Å². The lowest BCUT2D eigenvalue weighted by Crippen LogP contribution is -2.31. The standard InChI is InChI=1S/C15H20BrNO/c1-2-12-4-3-10-17(11-9-12)15(18)13-5-7-14(16)8-6-13/h5-8,12H,2-4,9-11H2,1H3. The lowest BCUT2D eigenvalue weighted by molar-refractivity contribution is 0.0760. The molecule has 0 N–H and O–H groups in total. The minimum atomic E-state index is 0.180. The fourth-order valence-electron chi connectivity index (χ4n) is 2.55. The van der Waals surface area contributed by atoms with Gasteiger partial charge < -0.3 is 4.90 Å². The Morgan fingerprint density at radius 1 is 1.28 bits per heavy atom. The summed E-state index contributed by atoms with van der Waals surface area (Å²) in [5, 5.41) is 0. The molecule has 2 nitrogen and oxygen atoms in total. The smallest absolute Gasteiger partial charge is 0.253 e. The van der Waals surface area contributed by atoms with Crippen molar-refractivity contribution in [3.63, 3.8) is 0 Å². The summed E-state index contributed by atoms with van der Waals surface area (Å²) in [5.74, 6) is 0.979. The van der Waals surface area contributed by atoms with E-state index < -0.39 is 0 Å². The van der Waals surface area contributed by atoms with Crippen LogP contribution in [0, 0.1) is 5.92 Å². The van der Waals surface area contributed by atoms with E-state index in [4.69, 9.17) is 0 Å². The van der Waals surface area contributed by atoms with Gasteiger partial charge in [-0.3, -0.25) is 4.79 Å². The quantitative estimate of drug-likeness (QED) is 0.805. The van der Waals surface area contributed by atoms with Gasteiger partial charge in [0.15, 0.2) is 0 Å². The van der Waals surface area contributed by atoms with Crippen LogP contribution in [-0.2, 0) is 0 Å². The zero-order valence-electron chi connectivity index (χ0n) is 10.9. The highest BCUT2D eigenvalue weighted by Crippen LogP contribution is 2.21. The van der Waals surface area contributed by atoms with E-state index in [1.165, 1.54) is 12.8 Å². The molecule has 1 aromatic rings. The fourth-order valence-corrected chi connectivity index (χ4v) is 2.82. The van der Waals surface area contributed by atoms with Crippen LogP contribution in [-0.4, -0.2) is 23.9 Å². The lowest BCUT2D eigenvalue weighted by Gasteiger charge is -2.20. The fraction of sp³-hybridized carbons (Fsp3) is 0.533. The highest BCUT2D eigenvalue weighted by atomic mass is 79.9. The second kappa shape index (κ2) is 6.37. The molecule has 98 valence electrons. The Morgan fingerprint density at radius 2 is 2.00 bits per heavy atom. The molecule has 1 unspecified atom stereocenters. The van der Waals surface area contributed by atoms with Crippen LogP contribution in [0.15, 0.2) is 28.7 Å². The second-order valence-electron chi connectivity index (χ2n) is 5.00. The average Bonchev–Trinajstić information content (AvgIpc) is 2.64. The number of rotatable bonds is 2. The van der Waals surface area contributed by atoms with Gasteiger partial charge in [-0.25, -0.2) is 0 Å². The maximum Gasteiger partial charge on any atom is 0.253 e. The van der Waals surface area contributed by atoms with Gasteiger partial charge in [0.25, 0.3) is 5.91 Å². The number of halogens is 1. The number of amides is 1. The van der Waals surface area contributed by atoms with Gasteiger partial charge in [0.05, 0.1) is 0 Å². The normalized spacial score (nSPS) is 20.6. The predicted molar refractivity (Wildman–Crippen MR) is 77.7 cm³/mol. The average molecular weight is 310 g/mol. The number of benzene rings is 1. The first-order valence-corrected chi connectivity index (χ1v) is 7.55. The Kier molecular flexibility index (Phi) is 4.81. The number of likely N-dealkylation sites (tertiary alicyclic amines) is 1. The minimum Gasteiger partial charge on any atom is -0.339 e. The number of carbonyl (C=O) groups excluding carboxylic acids is 1. The van der Waals surface area contributed by atoms with Crippen LogP contribution in [0.2, 0.25) is 0 Å². The van der Waals surface area contributed by atoms with Crippen LogP contribution in [0.3, 0.4) is 0 Å². The molecular formula is C15H20BrNO. The number of carbonyl (C=O) groups is 1. The first kappa shape index (κ1) is 13.6. The van der Waals surface area contributed by atoms with Crippen molar-refractivity contribution in [1.29, 1.82) is 0 Å². The van der Waals surface area contributed by atoms with Crippen LogP contribution < -0.4 is 0 Å². The molecule has 1 aromatic carbocycles. The third-order valence-electron chi connectivity index (χ3n) is 3.80. The summed E-state index contributed by atoms with van der Waals surface area (Å²) in [7, 11) is 0. The summed E-state index contributed by atoms with van der Waals surface area (Å²) in [5.41, 5.74) is 0.799. The largest absolute Gasteiger partial charge is 0.339 e. The molecule has 3 heteroatoms. The molecule has 1 aliphatic rings. The second-order valence-corrected chi connectivity index (χ2v) is 5.92. The molecule has 1 saturated heterocycles. The van der Waals surface area contributed by atoms with E-state index in [0.717, 1.165) is 41.9 Å². The van der Waals surface area contributed by atoms with Crippen molar-refractivity contribution in [3.8, 4) is 0 Å². The van der Waals surface area contributed by atoms with E-state index in [2.05, 4.69) is 22.9 Å². The van der Waals surface area contributed by atoms with Crippen LogP contribution in [0.25, 0.3) is 0 Å². The molecule has 0 bridgehead atoms. The van der Waals surface area contributed by atoms with Gasteiger partial charge in [0.1, 0.15) is 0 Å². The Morgan fingerprint density at radius 3 is 2.67 bits per heavy atom. The summed E-state index contributed by atoms with van der Waals surface area (Å²) in [4.78, 5) is 14.4. The van der Waals surface area contributed by atoms with Gasteiger partial charge in [-0.15, -0.1) is 0 Å². The van der Waals surface area contributed by atoms with E-state index in [1.54, 1.807) is 0 Å². The zero-order chi connectivity index (χ0) is 13.0. The Balaban J connectivity index is 2.02. The van der Waals surface area contributed by atoms with Crippen molar-refractivity contribution in [2.75, 3.05) is 13.1 Å². The maximum atomic E-state index is 12.4. The molecule has 0 spiro atoms. The molecule has 1 heterocycles. The third-order valence-corrected chi connectivity index (χ3v) is 4.33. The van der Waals surface area contributed by atoms with E-state index in [0.29, 0.717) is 0 Å². The topological polar surface area (TPSA) is 20.3 Å².